The number of hydrogen-bond donors (Lipinski definition) is 0. The summed E-state index contributed by atoms with van der Waals surface area (Å²) in [5.41, 5.74) is 0.817. The van der Waals surface area contributed by atoms with E-state index in [4.69, 9.17) is 0 Å². The van der Waals surface area contributed by atoms with Gasteiger partial charge >= 0.3 is 0 Å². The van der Waals surface area contributed by atoms with Gasteiger partial charge in [-0.15, -0.1) is 0 Å². The van der Waals surface area contributed by atoms with Gasteiger partial charge in [-0.2, -0.15) is 9.49 Å². The fourth-order valence-electron chi connectivity index (χ4n) is 1.06. The Kier molecular flexibility index (Phi) is 1.40. The topological polar surface area (TPSA) is 34.4 Å². The van der Waals surface area contributed by atoms with Crippen LogP contribution in [0.4, 0.5) is 4.39 Å². The molecular formula is C8H5FN2O. The van der Waals surface area contributed by atoms with Crippen LogP contribution < -0.4 is 0 Å². The number of pyridine rings is 1. The monoisotopic (exact) mass is 164 g/mol. The van der Waals surface area contributed by atoms with Gasteiger partial charge in [-0.25, -0.2) is 4.52 Å². The molecule has 12 heavy (non-hydrogen) atoms. The van der Waals surface area contributed by atoms with E-state index in [-0.39, 0.29) is 5.69 Å². The van der Waals surface area contributed by atoms with Crippen molar-refractivity contribution in [3.05, 3.63) is 35.9 Å². The van der Waals surface area contributed by atoms with Crippen molar-refractivity contribution in [2.75, 3.05) is 0 Å². The molecule has 0 aromatic carbocycles. The average molecular weight is 164 g/mol. The molecule has 2 heterocycles. The van der Waals surface area contributed by atoms with Crippen LogP contribution in [0.5, 0.6) is 0 Å². The van der Waals surface area contributed by atoms with Crippen molar-refractivity contribution in [3.8, 4) is 0 Å². The lowest BCUT2D eigenvalue weighted by atomic mass is 10.4. The summed E-state index contributed by atoms with van der Waals surface area (Å²) in [5.74, 6) is -0.472. The highest BCUT2D eigenvalue weighted by molar-refractivity contribution is 5.74. The van der Waals surface area contributed by atoms with Crippen LogP contribution in [-0.2, 0) is 0 Å². The largest absolute Gasteiger partial charge is 0.296 e. The number of fused-ring (bicyclic) bond motifs is 1. The van der Waals surface area contributed by atoms with E-state index < -0.39 is 5.95 Å². The van der Waals surface area contributed by atoms with E-state index in [0.29, 0.717) is 11.8 Å². The highest BCUT2D eigenvalue weighted by atomic mass is 19.1. The lowest BCUT2D eigenvalue weighted by Gasteiger charge is -1.91. The molecule has 0 radical (unpaired) electrons. The Balaban J connectivity index is 2.82. The maximum Gasteiger partial charge on any atom is 0.214 e. The summed E-state index contributed by atoms with van der Waals surface area (Å²) in [6.07, 6.45) is 0.590. The first kappa shape index (κ1) is 6.97. The van der Waals surface area contributed by atoms with Crippen LogP contribution in [0.3, 0.4) is 0 Å². The van der Waals surface area contributed by atoms with E-state index in [9.17, 15) is 9.18 Å². The maximum absolute atomic E-state index is 12.9. The number of nitrogens with zero attached hydrogens (tertiary/aromatic N) is 2. The molecule has 0 aliphatic carbocycles. The van der Waals surface area contributed by atoms with Gasteiger partial charge in [0, 0.05) is 0 Å². The van der Waals surface area contributed by atoms with Gasteiger partial charge < -0.3 is 0 Å². The standard InChI is InChI=1S/C8H5FN2O/c9-8-3-1-2-7-4-6(5-12)10-11(7)8/h1-5H. The molecule has 0 unspecified atom stereocenters. The zero-order valence-electron chi connectivity index (χ0n) is 6.07. The first-order chi connectivity index (χ1) is 5.81. The van der Waals surface area contributed by atoms with Crippen molar-refractivity contribution >= 4 is 11.8 Å². The van der Waals surface area contributed by atoms with Gasteiger partial charge in [-0.3, -0.25) is 4.79 Å². The van der Waals surface area contributed by atoms with Gasteiger partial charge in [-0.05, 0) is 18.2 Å². The van der Waals surface area contributed by atoms with Gasteiger partial charge in [0.05, 0.1) is 5.52 Å². The van der Waals surface area contributed by atoms with Crippen LogP contribution in [-0.4, -0.2) is 15.9 Å². The van der Waals surface area contributed by atoms with Crippen molar-refractivity contribution < 1.29 is 9.18 Å². The van der Waals surface area contributed by atoms with Crippen LogP contribution in [0.2, 0.25) is 0 Å². The van der Waals surface area contributed by atoms with Crippen molar-refractivity contribution in [2.24, 2.45) is 0 Å². The van der Waals surface area contributed by atoms with Gasteiger partial charge in [0.25, 0.3) is 0 Å². The normalized spacial score (nSPS) is 10.4. The van der Waals surface area contributed by atoms with E-state index in [0.717, 1.165) is 4.52 Å². The number of rotatable bonds is 1. The molecule has 4 heteroatoms. The molecule has 2 aromatic rings. The Morgan fingerprint density at radius 2 is 2.33 bits per heavy atom. The molecule has 0 N–H and O–H groups in total. The molecule has 60 valence electrons. The SMILES string of the molecule is O=Cc1cc2cccc(F)n2n1. The molecule has 0 saturated carbocycles. The third-order valence-electron chi connectivity index (χ3n) is 1.58. The minimum absolute atomic E-state index is 0.236. The number of hydrogen-bond acceptors (Lipinski definition) is 2. The Hall–Kier alpha value is -1.71. The number of carbonyl (C=O) groups excluding carboxylic acids is 1. The second-order valence-corrected chi connectivity index (χ2v) is 2.37. The first-order valence-corrected chi connectivity index (χ1v) is 3.41. The Morgan fingerprint density at radius 3 is 3.00 bits per heavy atom. The summed E-state index contributed by atoms with van der Waals surface area (Å²) in [6, 6.07) is 6.06. The minimum Gasteiger partial charge on any atom is -0.296 e. The summed E-state index contributed by atoms with van der Waals surface area (Å²) in [6.45, 7) is 0. The zero-order chi connectivity index (χ0) is 8.55. The van der Waals surface area contributed by atoms with Crippen LogP contribution >= 0.6 is 0 Å². The number of aldehydes is 1. The van der Waals surface area contributed by atoms with E-state index >= 15 is 0 Å². The number of aromatic nitrogens is 2. The molecule has 0 spiro atoms. The minimum atomic E-state index is -0.472. The second-order valence-electron chi connectivity index (χ2n) is 2.37. The number of carbonyl (C=O) groups is 1. The maximum atomic E-state index is 12.9. The first-order valence-electron chi connectivity index (χ1n) is 3.41. The van der Waals surface area contributed by atoms with E-state index in [1.807, 2.05) is 0 Å². The lowest BCUT2D eigenvalue weighted by Crippen LogP contribution is -1.93. The molecule has 2 rings (SSSR count). The highest BCUT2D eigenvalue weighted by Gasteiger charge is 2.02. The molecule has 0 aliphatic rings. The third kappa shape index (κ3) is 0.887. The second kappa shape index (κ2) is 2.41. The average Bonchev–Trinajstić information content (AvgIpc) is 2.49. The van der Waals surface area contributed by atoms with E-state index in [1.54, 1.807) is 12.1 Å². The third-order valence-corrected chi connectivity index (χ3v) is 1.58. The fraction of sp³-hybridized carbons (Fsp3) is 0. The summed E-state index contributed by atoms with van der Waals surface area (Å²) < 4.78 is 14.0. The van der Waals surface area contributed by atoms with Crippen LogP contribution in [0.15, 0.2) is 24.3 Å². The lowest BCUT2D eigenvalue weighted by molar-refractivity contribution is 0.111. The molecule has 0 fully saturated rings. The molecule has 2 aromatic heterocycles. The Labute approximate surface area is 67.4 Å². The smallest absolute Gasteiger partial charge is 0.214 e. The van der Waals surface area contributed by atoms with Gasteiger partial charge in [0.2, 0.25) is 5.95 Å². The zero-order valence-corrected chi connectivity index (χ0v) is 6.07. The van der Waals surface area contributed by atoms with Crippen LogP contribution in [0, 0.1) is 5.95 Å². The van der Waals surface area contributed by atoms with Crippen molar-refractivity contribution in [1.29, 1.82) is 0 Å². The van der Waals surface area contributed by atoms with E-state index in [2.05, 4.69) is 5.10 Å². The van der Waals surface area contributed by atoms with Crippen LogP contribution in [0.1, 0.15) is 10.5 Å². The molecule has 0 saturated heterocycles. The van der Waals surface area contributed by atoms with Crippen molar-refractivity contribution in [1.82, 2.24) is 9.61 Å². The molecular weight excluding hydrogens is 159 g/mol. The molecule has 0 amide bonds. The number of halogens is 1. The van der Waals surface area contributed by atoms with Gasteiger partial charge in [-0.1, -0.05) is 6.07 Å². The fourth-order valence-corrected chi connectivity index (χ4v) is 1.06. The van der Waals surface area contributed by atoms with E-state index in [1.165, 1.54) is 12.1 Å². The molecule has 0 bridgehead atoms. The quantitative estimate of drug-likeness (QED) is 0.470. The highest BCUT2D eigenvalue weighted by Crippen LogP contribution is 2.06. The summed E-state index contributed by atoms with van der Waals surface area (Å²) in [7, 11) is 0. The summed E-state index contributed by atoms with van der Waals surface area (Å²) in [5, 5.41) is 3.70. The molecule has 0 atom stereocenters. The molecule has 0 aliphatic heterocycles. The summed E-state index contributed by atoms with van der Waals surface area (Å²) in [4.78, 5) is 10.3. The molecule has 3 nitrogen and oxygen atoms in total. The van der Waals surface area contributed by atoms with Gasteiger partial charge in [0.1, 0.15) is 5.69 Å². The van der Waals surface area contributed by atoms with Crippen molar-refractivity contribution in [3.63, 3.8) is 0 Å². The Morgan fingerprint density at radius 1 is 1.50 bits per heavy atom. The Bertz CT molecular complexity index is 436. The van der Waals surface area contributed by atoms with Crippen LogP contribution in [0.25, 0.3) is 5.52 Å². The predicted octanol–water partition coefficient (Wildman–Crippen LogP) is 1.29. The summed E-state index contributed by atoms with van der Waals surface area (Å²) >= 11 is 0. The van der Waals surface area contributed by atoms with Crippen molar-refractivity contribution in [2.45, 2.75) is 0 Å². The predicted molar refractivity (Wildman–Crippen MR) is 40.5 cm³/mol. The van der Waals surface area contributed by atoms with Gasteiger partial charge in [0.15, 0.2) is 6.29 Å².